The summed E-state index contributed by atoms with van der Waals surface area (Å²) >= 11 is 0. The fourth-order valence-electron chi connectivity index (χ4n) is 4.51. The van der Waals surface area contributed by atoms with Crippen molar-refractivity contribution >= 4 is 33.7 Å². The molecule has 0 saturated heterocycles. The fourth-order valence-corrected chi connectivity index (χ4v) is 4.51. The summed E-state index contributed by atoms with van der Waals surface area (Å²) in [6.07, 6.45) is 4.66. The average Bonchev–Trinajstić information content (AvgIpc) is 3.49. The molecule has 4 aromatic rings. The molecule has 2 atom stereocenters. The zero-order valence-electron chi connectivity index (χ0n) is 23.9. The summed E-state index contributed by atoms with van der Waals surface area (Å²) in [6, 6.07) is 16.2. The highest BCUT2D eigenvalue weighted by atomic mass is 16.5. The fraction of sp³-hybridized carbons (Fsp3) is 0.419. The van der Waals surface area contributed by atoms with Gasteiger partial charge in [-0.3, -0.25) is 9.59 Å². The predicted molar refractivity (Wildman–Crippen MR) is 155 cm³/mol. The summed E-state index contributed by atoms with van der Waals surface area (Å²) in [4.78, 5) is 29.5. The molecule has 0 spiro atoms. The van der Waals surface area contributed by atoms with E-state index < -0.39 is 0 Å². The van der Waals surface area contributed by atoms with Crippen molar-refractivity contribution in [3.8, 4) is 11.5 Å². The van der Waals surface area contributed by atoms with Crippen molar-refractivity contribution in [2.75, 3.05) is 28.2 Å². The quantitative estimate of drug-likeness (QED) is 0.185. The minimum Gasteiger partial charge on any atom is -0.426 e. The van der Waals surface area contributed by atoms with E-state index in [1.54, 1.807) is 12.1 Å². The summed E-state index contributed by atoms with van der Waals surface area (Å²) in [5.74, 6) is 0.352. The number of carbonyl (C=O) groups excluding carboxylic acids is 2. The number of aromatic nitrogens is 2. The van der Waals surface area contributed by atoms with Gasteiger partial charge >= 0.3 is 11.9 Å². The second kappa shape index (κ2) is 12.5. The zero-order chi connectivity index (χ0) is 28.1. The van der Waals surface area contributed by atoms with Crippen LogP contribution >= 0.6 is 0 Å². The van der Waals surface area contributed by atoms with E-state index in [0.717, 1.165) is 34.9 Å². The highest BCUT2D eigenvalue weighted by Crippen LogP contribution is 2.29. The first-order valence-corrected chi connectivity index (χ1v) is 13.5. The van der Waals surface area contributed by atoms with Crippen molar-refractivity contribution in [2.24, 2.45) is 0 Å². The molecule has 0 aliphatic carbocycles. The third kappa shape index (κ3) is 6.88. The van der Waals surface area contributed by atoms with E-state index in [4.69, 9.17) is 9.47 Å². The van der Waals surface area contributed by atoms with Gasteiger partial charge in [0.1, 0.15) is 11.5 Å². The van der Waals surface area contributed by atoms with Crippen LogP contribution in [0.3, 0.4) is 0 Å². The van der Waals surface area contributed by atoms with Crippen LogP contribution in [0.4, 0.5) is 0 Å². The molecular formula is C31H40N4O4. The first-order valence-electron chi connectivity index (χ1n) is 13.5. The molecule has 39 heavy (non-hydrogen) atoms. The van der Waals surface area contributed by atoms with Crippen molar-refractivity contribution in [2.45, 2.75) is 58.3 Å². The van der Waals surface area contributed by atoms with Crippen molar-refractivity contribution in [3.05, 3.63) is 60.9 Å². The lowest BCUT2D eigenvalue weighted by molar-refractivity contribution is -0.135. The molecule has 0 amide bonds. The molecule has 8 heteroatoms. The van der Waals surface area contributed by atoms with Crippen molar-refractivity contribution in [1.82, 2.24) is 18.9 Å². The van der Waals surface area contributed by atoms with Gasteiger partial charge in [-0.05, 0) is 84.9 Å². The lowest BCUT2D eigenvalue weighted by Crippen LogP contribution is -2.28. The Morgan fingerprint density at radius 2 is 1.10 bits per heavy atom. The Morgan fingerprint density at radius 3 is 1.49 bits per heavy atom. The van der Waals surface area contributed by atoms with Gasteiger partial charge in [-0.2, -0.15) is 0 Å². The van der Waals surface area contributed by atoms with Crippen LogP contribution in [0.5, 0.6) is 11.5 Å². The van der Waals surface area contributed by atoms with Gasteiger partial charge in [-0.15, -0.1) is 0 Å². The van der Waals surface area contributed by atoms with Gasteiger partial charge in [0, 0.05) is 61.2 Å². The van der Waals surface area contributed by atoms with E-state index in [-0.39, 0.29) is 24.8 Å². The molecule has 0 N–H and O–H groups in total. The molecule has 2 aromatic heterocycles. The lowest BCUT2D eigenvalue weighted by atomic mass is 10.2. The number of nitrogens with zero attached hydrogens (tertiary/aromatic N) is 4. The van der Waals surface area contributed by atoms with Crippen LogP contribution < -0.4 is 9.47 Å². The van der Waals surface area contributed by atoms with Crippen LogP contribution in [0.1, 0.15) is 33.1 Å². The van der Waals surface area contributed by atoms with E-state index in [0.29, 0.717) is 30.0 Å². The Morgan fingerprint density at radius 1 is 0.692 bits per heavy atom. The molecule has 0 unspecified atom stereocenters. The lowest BCUT2D eigenvalue weighted by Gasteiger charge is -2.20. The van der Waals surface area contributed by atoms with Gasteiger partial charge in [-0.1, -0.05) is 12.1 Å². The van der Waals surface area contributed by atoms with Crippen LogP contribution in [0, 0.1) is 0 Å². The Hall–Kier alpha value is -3.62. The number of benzene rings is 2. The molecule has 0 radical (unpaired) electrons. The van der Waals surface area contributed by atoms with Crippen LogP contribution in [-0.4, -0.2) is 71.1 Å². The van der Waals surface area contributed by atoms with Gasteiger partial charge in [0.25, 0.3) is 0 Å². The van der Waals surface area contributed by atoms with E-state index >= 15 is 0 Å². The van der Waals surface area contributed by atoms with Crippen LogP contribution in [0.25, 0.3) is 21.8 Å². The largest absolute Gasteiger partial charge is 0.426 e. The normalized spacial score (nSPS) is 13.3. The number of esters is 2. The topological polar surface area (TPSA) is 68.9 Å². The van der Waals surface area contributed by atoms with Gasteiger partial charge in [0.2, 0.25) is 0 Å². The highest BCUT2D eigenvalue weighted by molar-refractivity contribution is 5.90. The van der Waals surface area contributed by atoms with E-state index in [2.05, 4.69) is 61.0 Å². The summed E-state index contributed by atoms with van der Waals surface area (Å²) in [7, 11) is 8.24. The molecule has 0 saturated carbocycles. The average molecular weight is 533 g/mol. The number of fused-ring (bicyclic) bond motifs is 2. The molecule has 4 rings (SSSR count). The van der Waals surface area contributed by atoms with Gasteiger partial charge in [0.05, 0.1) is 11.0 Å². The van der Waals surface area contributed by atoms with Crippen LogP contribution in [0.15, 0.2) is 60.9 Å². The van der Waals surface area contributed by atoms with Crippen molar-refractivity contribution < 1.29 is 19.1 Å². The second-order valence-electron chi connectivity index (χ2n) is 10.7. The van der Waals surface area contributed by atoms with Crippen LogP contribution in [-0.2, 0) is 22.7 Å². The standard InChI is InChI=1S/C31H40N4O4/c1-22(32(3)4)20-34-18-16-24-26(34)10-7-12-28(24)38-30(36)14-9-15-31(37)39-29-13-8-11-27-25(29)17-19-35(27)21-23(2)33(5)6/h7-8,10-13,16-19,22-23H,9,14-15,20-21H2,1-6H3/t22-,23+. The number of hydrogen-bond donors (Lipinski definition) is 0. The molecule has 0 aliphatic heterocycles. The van der Waals surface area contributed by atoms with Gasteiger partial charge < -0.3 is 28.4 Å². The highest BCUT2D eigenvalue weighted by Gasteiger charge is 2.16. The number of hydrogen-bond acceptors (Lipinski definition) is 6. The molecule has 0 fully saturated rings. The van der Waals surface area contributed by atoms with Crippen molar-refractivity contribution in [1.29, 1.82) is 0 Å². The molecule has 208 valence electrons. The maximum absolute atomic E-state index is 12.6. The molecular weight excluding hydrogens is 492 g/mol. The van der Waals surface area contributed by atoms with Crippen LogP contribution in [0.2, 0.25) is 0 Å². The third-order valence-electron chi connectivity index (χ3n) is 7.44. The summed E-state index contributed by atoms with van der Waals surface area (Å²) in [5, 5.41) is 1.80. The molecule has 2 heterocycles. The maximum Gasteiger partial charge on any atom is 0.311 e. The Kier molecular flexibility index (Phi) is 9.09. The van der Waals surface area contributed by atoms with Gasteiger partial charge in [0.15, 0.2) is 0 Å². The first-order chi connectivity index (χ1) is 18.6. The van der Waals surface area contributed by atoms with E-state index in [9.17, 15) is 9.59 Å². The minimum atomic E-state index is -0.362. The number of carbonyl (C=O) groups is 2. The second-order valence-corrected chi connectivity index (χ2v) is 10.7. The summed E-state index contributed by atoms with van der Waals surface area (Å²) in [5.41, 5.74) is 2.05. The van der Waals surface area contributed by atoms with Gasteiger partial charge in [-0.25, -0.2) is 0 Å². The third-order valence-corrected chi connectivity index (χ3v) is 7.44. The first kappa shape index (κ1) is 28.4. The minimum absolute atomic E-state index is 0.132. The van der Waals surface area contributed by atoms with E-state index in [1.807, 2.05) is 48.8 Å². The molecule has 2 aromatic carbocycles. The molecule has 0 bridgehead atoms. The zero-order valence-corrected chi connectivity index (χ0v) is 23.9. The Labute approximate surface area is 230 Å². The van der Waals surface area contributed by atoms with Crippen molar-refractivity contribution in [3.63, 3.8) is 0 Å². The predicted octanol–water partition coefficient (Wildman–Crippen LogP) is 5.18. The van der Waals surface area contributed by atoms with E-state index in [1.165, 1.54) is 0 Å². The molecule has 0 aliphatic rings. The molecule has 8 nitrogen and oxygen atoms in total. The smallest absolute Gasteiger partial charge is 0.311 e. The monoisotopic (exact) mass is 532 g/mol. The maximum atomic E-state index is 12.6. The number of likely N-dealkylation sites (N-methyl/N-ethyl adjacent to an activating group) is 2. The SMILES string of the molecule is C[C@H](Cn1ccc2c(OC(=O)CCCC(=O)Oc3cccc4c3ccn4C[C@H](C)N(C)C)cccc21)N(C)C. The summed E-state index contributed by atoms with van der Waals surface area (Å²) < 4.78 is 15.7. The number of ether oxygens (including phenoxy) is 2. The number of rotatable bonds is 12. The summed E-state index contributed by atoms with van der Waals surface area (Å²) in [6.45, 7) is 6.02. The Balaban J connectivity index is 1.31. The Bertz CT molecular complexity index is 1330.